The predicted molar refractivity (Wildman–Crippen MR) is 127 cm³/mol. The average molecular weight is 464 g/mol. The van der Waals surface area contributed by atoms with E-state index in [1.165, 1.54) is 7.11 Å². The molecule has 3 aromatic rings. The maximum absolute atomic E-state index is 12.6. The molecule has 1 saturated carbocycles. The first-order valence-electron chi connectivity index (χ1n) is 11.8. The average Bonchev–Trinajstić information content (AvgIpc) is 2.90. The van der Waals surface area contributed by atoms with Crippen LogP contribution in [0.1, 0.15) is 36.2 Å². The van der Waals surface area contributed by atoms with E-state index in [1.54, 1.807) is 30.6 Å². The lowest BCUT2D eigenvalue weighted by molar-refractivity contribution is 0.0889. The lowest BCUT2D eigenvalue weighted by Crippen LogP contribution is -2.40. The number of rotatable bonds is 6. The Morgan fingerprint density at radius 3 is 2.68 bits per heavy atom. The Kier molecular flexibility index (Phi) is 6.71. The molecule has 0 spiro atoms. The number of fused-ring (bicyclic) bond motifs is 1. The van der Waals surface area contributed by atoms with E-state index in [9.17, 15) is 4.79 Å². The number of hydrogen-bond donors (Lipinski definition) is 1. The van der Waals surface area contributed by atoms with Crippen LogP contribution in [0.15, 0.2) is 42.7 Å². The van der Waals surface area contributed by atoms with Gasteiger partial charge in [-0.05, 0) is 37.8 Å². The fraction of sp³-hybridized carbons (Fsp3) is 0.440. The highest BCUT2D eigenvalue weighted by Crippen LogP contribution is 2.33. The molecule has 2 aromatic heterocycles. The maximum Gasteiger partial charge on any atom is 0.270 e. The van der Waals surface area contributed by atoms with Gasteiger partial charge in [-0.3, -0.25) is 9.78 Å². The molecule has 5 rings (SSSR count). The molecular weight excluding hydrogens is 434 g/mol. The number of methoxy groups -OCH3 is 1. The highest BCUT2D eigenvalue weighted by Gasteiger charge is 2.26. The van der Waals surface area contributed by atoms with Gasteiger partial charge < -0.3 is 24.4 Å². The number of carbonyl (C=O) groups is 1. The molecule has 1 aliphatic carbocycles. The summed E-state index contributed by atoms with van der Waals surface area (Å²) < 4.78 is 17.1. The molecule has 9 nitrogen and oxygen atoms in total. The highest BCUT2D eigenvalue weighted by atomic mass is 16.5. The van der Waals surface area contributed by atoms with Gasteiger partial charge in [0.05, 0.1) is 31.9 Å². The molecule has 2 aliphatic rings. The number of amides is 1. The van der Waals surface area contributed by atoms with Crippen LogP contribution < -0.4 is 19.7 Å². The van der Waals surface area contributed by atoms with Crippen molar-refractivity contribution in [3.63, 3.8) is 0 Å². The standard InChI is InChI=1S/C25H29N5O4/c1-32-23-4-2-3-20(29-23)25(31)28-17-5-7-19(8-6-17)34-22-16-18(30-11-13-33-14-12-30)15-21-24(22)27-10-9-26-21/h2-4,9-10,15-17,19H,5-8,11-14H2,1H3,(H,28,31)/t17-,19+. The lowest BCUT2D eigenvalue weighted by atomic mass is 9.92. The molecule has 178 valence electrons. The summed E-state index contributed by atoms with van der Waals surface area (Å²) in [7, 11) is 1.54. The first-order valence-corrected chi connectivity index (χ1v) is 11.8. The number of ether oxygens (including phenoxy) is 3. The minimum absolute atomic E-state index is 0.0632. The fourth-order valence-corrected chi connectivity index (χ4v) is 4.54. The predicted octanol–water partition coefficient (Wildman–Crippen LogP) is 2.99. The van der Waals surface area contributed by atoms with Gasteiger partial charge in [0.15, 0.2) is 0 Å². The van der Waals surface area contributed by atoms with E-state index in [2.05, 4.69) is 37.3 Å². The third-order valence-corrected chi connectivity index (χ3v) is 6.37. The van der Waals surface area contributed by atoms with Crippen LogP contribution in [0.25, 0.3) is 11.0 Å². The maximum atomic E-state index is 12.6. The SMILES string of the molecule is COc1cccc(C(=O)N[C@H]2CC[C@@H](Oc3cc(N4CCOCC4)cc4nccnc34)CC2)n1. The van der Waals surface area contributed by atoms with Gasteiger partial charge in [-0.15, -0.1) is 0 Å². The third-order valence-electron chi connectivity index (χ3n) is 6.37. The minimum atomic E-state index is -0.178. The second kappa shape index (κ2) is 10.2. The number of aromatic nitrogens is 3. The second-order valence-electron chi connectivity index (χ2n) is 8.60. The first kappa shape index (κ1) is 22.3. The van der Waals surface area contributed by atoms with Crippen molar-refractivity contribution in [2.45, 2.75) is 37.8 Å². The summed E-state index contributed by atoms with van der Waals surface area (Å²) in [6.45, 7) is 3.13. The van der Waals surface area contributed by atoms with Gasteiger partial charge in [0, 0.05) is 49.3 Å². The van der Waals surface area contributed by atoms with Crippen molar-refractivity contribution in [2.24, 2.45) is 0 Å². The Labute approximate surface area is 198 Å². The Bertz CT molecular complexity index is 1140. The number of anilines is 1. The molecule has 0 atom stereocenters. The van der Waals surface area contributed by atoms with Crippen LogP contribution in [0.2, 0.25) is 0 Å². The Hall–Kier alpha value is -3.46. The van der Waals surface area contributed by atoms with E-state index < -0.39 is 0 Å². The topological polar surface area (TPSA) is 98.7 Å². The zero-order chi connectivity index (χ0) is 23.3. The van der Waals surface area contributed by atoms with Crippen molar-refractivity contribution in [3.05, 3.63) is 48.4 Å². The molecular formula is C25H29N5O4. The van der Waals surface area contributed by atoms with E-state index in [1.807, 2.05) is 0 Å². The monoisotopic (exact) mass is 463 g/mol. The van der Waals surface area contributed by atoms with Crippen LogP contribution in [-0.4, -0.2) is 66.4 Å². The number of pyridine rings is 1. The van der Waals surface area contributed by atoms with Crippen LogP contribution in [0.4, 0.5) is 5.69 Å². The lowest BCUT2D eigenvalue weighted by Gasteiger charge is -2.31. The van der Waals surface area contributed by atoms with Crippen LogP contribution in [0, 0.1) is 0 Å². The fourth-order valence-electron chi connectivity index (χ4n) is 4.54. The first-order chi connectivity index (χ1) is 16.7. The van der Waals surface area contributed by atoms with Gasteiger partial charge in [-0.2, -0.15) is 0 Å². The molecule has 1 amide bonds. The van der Waals surface area contributed by atoms with Crippen molar-refractivity contribution in [1.82, 2.24) is 20.3 Å². The Morgan fingerprint density at radius 1 is 1.09 bits per heavy atom. The molecule has 1 N–H and O–H groups in total. The number of carbonyl (C=O) groups excluding carboxylic acids is 1. The number of hydrogen-bond acceptors (Lipinski definition) is 8. The van der Waals surface area contributed by atoms with E-state index in [0.29, 0.717) is 11.6 Å². The van der Waals surface area contributed by atoms with Crippen molar-refractivity contribution in [3.8, 4) is 11.6 Å². The smallest absolute Gasteiger partial charge is 0.270 e. The van der Waals surface area contributed by atoms with Crippen LogP contribution in [-0.2, 0) is 4.74 Å². The molecule has 34 heavy (non-hydrogen) atoms. The van der Waals surface area contributed by atoms with Crippen molar-refractivity contribution < 1.29 is 19.0 Å². The summed E-state index contributed by atoms with van der Waals surface area (Å²) in [6.07, 6.45) is 6.84. The molecule has 3 heterocycles. The van der Waals surface area contributed by atoms with Crippen molar-refractivity contribution >= 4 is 22.6 Å². The Morgan fingerprint density at radius 2 is 1.88 bits per heavy atom. The van der Waals surface area contributed by atoms with Gasteiger partial charge in [0.1, 0.15) is 17.0 Å². The van der Waals surface area contributed by atoms with E-state index in [-0.39, 0.29) is 18.1 Å². The Balaban J connectivity index is 1.23. The molecule has 9 heteroatoms. The molecule has 0 unspecified atom stereocenters. The van der Waals surface area contributed by atoms with Crippen LogP contribution >= 0.6 is 0 Å². The zero-order valence-corrected chi connectivity index (χ0v) is 19.3. The van der Waals surface area contributed by atoms with Crippen LogP contribution in [0.3, 0.4) is 0 Å². The summed E-state index contributed by atoms with van der Waals surface area (Å²) in [5.74, 6) is 1.02. The van der Waals surface area contributed by atoms with Gasteiger partial charge in [-0.25, -0.2) is 9.97 Å². The summed E-state index contributed by atoms with van der Waals surface area (Å²) in [5.41, 5.74) is 3.05. The number of nitrogens with zero attached hydrogens (tertiary/aromatic N) is 4. The molecule has 2 fully saturated rings. The number of benzene rings is 1. The molecule has 1 saturated heterocycles. The molecule has 1 aliphatic heterocycles. The minimum Gasteiger partial charge on any atom is -0.488 e. The van der Waals surface area contributed by atoms with Gasteiger partial charge in [0.25, 0.3) is 5.91 Å². The van der Waals surface area contributed by atoms with E-state index >= 15 is 0 Å². The summed E-state index contributed by atoms with van der Waals surface area (Å²) in [5, 5.41) is 3.10. The number of morpholine rings is 1. The van der Waals surface area contributed by atoms with Gasteiger partial charge >= 0.3 is 0 Å². The molecule has 0 radical (unpaired) electrons. The normalized spacial score (nSPS) is 20.7. The molecule has 1 aromatic carbocycles. The van der Waals surface area contributed by atoms with E-state index in [4.69, 9.17) is 14.2 Å². The highest BCUT2D eigenvalue weighted by molar-refractivity contribution is 5.92. The summed E-state index contributed by atoms with van der Waals surface area (Å²) >= 11 is 0. The second-order valence-corrected chi connectivity index (χ2v) is 8.60. The number of nitrogens with one attached hydrogen (secondary N) is 1. The largest absolute Gasteiger partial charge is 0.488 e. The van der Waals surface area contributed by atoms with Crippen molar-refractivity contribution in [2.75, 3.05) is 38.3 Å². The van der Waals surface area contributed by atoms with Crippen LogP contribution in [0.5, 0.6) is 11.6 Å². The zero-order valence-electron chi connectivity index (χ0n) is 19.3. The summed E-state index contributed by atoms with van der Waals surface area (Å²) in [6, 6.07) is 9.42. The summed E-state index contributed by atoms with van der Waals surface area (Å²) in [4.78, 5) is 28.2. The van der Waals surface area contributed by atoms with E-state index in [0.717, 1.165) is 74.5 Å². The van der Waals surface area contributed by atoms with Crippen molar-refractivity contribution in [1.29, 1.82) is 0 Å². The van der Waals surface area contributed by atoms with Gasteiger partial charge in [-0.1, -0.05) is 6.07 Å². The van der Waals surface area contributed by atoms with Gasteiger partial charge in [0.2, 0.25) is 5.88 Å². The molecule has 0 bridgehead atoms. The third kappa shape index (κ3) is 5.04. The quantitative estimate of drug-likeness (QED) is 0.596.